The number of rotatable bonds is 3. The van der Waals surface area contributed by atoms with Gasteiger partial charge in [0, 0.05) is 27.2 Å². The van der Waals surface area contributed by atoms with Gasteiger partial charge in [-0.05, 0) is 55.5 Å². The Morgan fingerprint density at radius 1 is 1.28 bits per heavy atom. The Morgan fingerprint density at radius 3 is 2.66 bits per heavy atom. The van der Waals surface area contributed by atoms with E-state index in [1.54, 1.807) is 13.8 Å². The van der Waals surface area contributed by atoms with Gasteiger partial charge in [-0.15, -0.1) is 0 Å². The second-order valence-corrected chi connectivity index (χ2v) is 8.53. The minimum Gasteiger partial charge on any atom is -0.507 e. The summed E-state index contributed by atoms with van der Waals surface area (Å²) >= 11 is 6.23. The highest BCUT2D eigenvalue weighted by molar-refractivity contribution is 6.31. The third-order valence-electron chi connectivity index (χ3n) is 6.34. The zero-order valence-corrected chi connectivity index (χ0v) is 18.0. The number of fused-ring (bicyclic) bond motifs is 2. The Kier molecular flexibility index (Phi) is 5.41. The van der Waals surface area contributed by atoms with Crippen LogP contribution in [0.2, 0.25) is 5.02 Å². The van der Waals surface area contributed by atoms with Gasteiger partial charge in [-0.1, -0.05) is 24.6 Å². The van der Waals surface area contributed by atoms with Crippen LogP contribution in [0.15, 0.2) is 45.8 Å². The molecule has 1 aliphatic rings. The number of hydrogen-bond donors (Lipinski definition) is 3. The van der Waals surface area contributed by atoms with Crippen molar-refractivity contribution in [3.05, 3.63) is 68.7 Å². The summed E-state index contributed by atoms with van der Waals surface area (Å²) in [4.78, 5) is 12.0. The van der Waals surface area contributed by atoms with Gasteiger partial charge in [0.05, 0.1) is 17.7 Å². The summed E-state index contributed by atoms with van der Waals surface area (Å²) in [7, 11) is 0. The maximum atomic E-state index is 14.3. The Hall–Kier alpha value is -2.71. The van der Waals surface area contributed by atoms with Gasteiger partial charge < -0.3 is 19.9 Å². The highest BCUT2D eigenvalue weighted by Gasteiger charge is 2.62. The van der Waals surface area contributed by atoms with E-state index in [1.807, 2.05) is 0 Å². The molecule has 3 N–H and O–H groups in total. The quantitative estimate of drug-likeness (QED) is 0.453. The van der Waals surface area contributed by atoms with Gasteiger partial charge in [-0.2, -0.15) is 13.2 Å². The molecule has 0 amide bonds. The first-order valence-electron chi connectivity index (χ1n) is 10.1. The van der Waals surface area contributed by atoms with Crippen LogP contribution in [0.1, 0.15) is 48.4 Å². The van der Waals surface area contributed by atoms with Crippen molar-refractivity contribution in [2.45, 2.75) is 50.4 Å². The summed E-state index contributed by atoms with van der Waals surface area (Å²) in [6.45, 7) is 3.29. The fourth-order valence-corrected chi connectivity index (χ4v) is 4.76. The van der Waals surface area contributed by atoms with E-state index in [2.05, 4.69) is 5.32 Å². The van der Waals surface area contributed by atoms with Crippen LogP contribution < -0.4 is 10.9 Å². The molecule has 3 aromatic rings. The molecule has 2 aromatic carbocycles. The second-order valence-electron chi connectivity index (χ2n) is 8.12. The maximum Gasteiger partial charge on any atom is 0.419 e. The van der Waals surface area contributed by atoms with Crippen LogP contribution in [-0.2, 0) is 0 Å². The number of anilines is 1. The van der Waals surface area contributed by atoms with Crippen LogP contribution in [0.4, 0.5) is 18.9 Å². The third-order valence-corrected chi connectivity index (χ3v) is 6.73. The van der Waals surface area contributed by atoms with E-state index in [0.29, 0.717) is 16.5 Å². The molecule has 1 aromatic heterocycles. The Labute approximate surface area is 186 Å². The summed E-state index contributed by atoms with van der Waals surface area (Å²) < 4.78 is 47.7. The molecule has 1 heterocycles. The van der Waals surface area contributed by atoms with Crippen molar-refractivity contribution in [3.63, 3.8) is 0 Å². The molecule has 0 aliphatic heterocycles. The summed E-state index contributed by atoms with van der Waals surface area (Å²) in [5, 5.41) is 25.2. The average Bonchev–Trinajstić information content (AvgIpc) is 2.73. The molecule has 0 radical (unpaired) electrons. The Morgan fingerprint density at radius 2 is 2.00 bits per heavy atom. The summed E-state index contributed by atoms with van der Waals surface area (Å²) in [5.74, 6) is -0.904. The van der Waals surface area contributed by atoms with Gasteiger partial charge >= 0.3 is 11.8 Å². The molecule has 0 bridgehead atoms. The number of hydrogen-bond acceptors (Lipinski definition) is 5. The Bertz CT molecular complexity index is 1260. The lowest BCUT2D eigenvalue weighted by molar-refractivity contribution is -0.272. The molecular weight excluding hydrogens is 447 g/mol. The van der Waals surface area contributed by atoms with Crippen molar-refractivity contribution < 1.29 is 27.8 Å². The van der Waals surface area contributed by atoms with E-state index >= 15 is 0 Å². The maximum absolute atomic E-state index is 14.3. The van der Waals surface area contributed by atoms with Gasteiger partial charge in [0.1, 0.15) is 5.75 Å². The van der Waals surface area contributed by atoms with Gasteiger partial charge in [0.15, 0.2) is 5.60 Å². The number of aliphatic hydroxyl groups is 1. The molecule has 170 valence electrons. The first kappa shape index (κ1) is 22.5. The number of phenols is 1. The van der Waals surface area contributed by atoms with Crippen LogP contribution >= 0.6 is 11.6 Å². The minimum atomic E-state index is -4.98. The number of alkyl halides is 3. The standard InChI is InChI=1S/C23H21ClF3NO4/c1-3-12-10-22(31,23(25,26)27)20(15-9-16(24)11(2)19(29)18(12)15)28-17-6-4-5-14-13(17)7-8-32-21(14)30/h4-9,12,20,28-29,31H,3,10H2,1-2H3/t12-,20-,22+/m0/s1. The van der Waals surface area contributed by atoms with Gasteiger partial charge in [-0.3, -0.25) is 0 Å². The number of aromatic hydroxyl groups is 1. The number of halogens is 4. The monoisotopic (exact) mass is 467 g/mol. The Balaban J connectivity index is 1.98. The smallest absolute Gasteiger partial charge is 0.419 e. The van der Waals surface area contributed by atoms with Crippen molar-refractivity contribution in [1.29, 1.82) is 0 Å². The highest BCUT2D eigenvalue weighted by atomic mass is 35.5. The number of phenolic OH excluding ortho intramolecular Hbond substituents is 1. The van der Waals surface area contributed by atoms with E-state index in [1.165, 1.54) is 30.3 Å². The molecule has 0 unspecified atom stereocenters. The van der Waals surface area contributed by atoms with Crippen molar-refractivity contribution in [3.8, 4) is 5.75 Å². The topological polar surface area (TPSA) is 82.7 Å². The summed E-state index contributed by atoms with van der Waals surface area (Å²) in [6.07, 6.45) is -4.19. The summed E-state index contributed by atoms with van der Waals surface area (Å²) in [5.41, 5.74) is -2.81. The van der Waals surface area contributed by atoms with E-state index in [0.717, 1.165) is 6.26 Å². The molecule has 5 nitrogen and oxygen atoms in total. The molecule has 32 heavy (non-hydrogen) atoms. The highest BCUT2D eigenvalue weighted by Crippen LogP contribution is 2.56. The van der Waals surface area contributed by atoms with Crippen LogP contribution in [0, 0.1) is 6.92 Å². The SMILES string of the molecule is CC[C@H]1C[C@](O)(C(F)(F)F)[C@@H](Nc2cccc3c(=O)occc23)c2cc(Cl)c(C)c(O)c21. The molecule has 0 saturated heterocycles. The largest absolute Gasteiger partial charge is 0.507 e. The van der Waals surface area contributed by atoms with E-state index in [9.17, 15) is 28.2 Å². The molecule has 0 spiro atoms. The molecule has 1 aliphatic carbocycles. The molecule has 4 rings (SSSR count). The fraction of sp³-hybridized carbons (Fsp3) is 0.348. The lowest BCUT2D eigenvalue weighted by Crippen LogP contribution is -2.55. The number of benzene rings is 2. The van der Waals surface area contributed by atoms with Crippen LogP contribution in [0.25, 0.3) is 10.8 Å². The zero-order valence-electron chi connectivity index (χ0n) is 17.3. The van der Waals surface area contributed by atoms with Crippen molar-refractivity contribution in [2.24, 2.45) is 0 Å². The van der Waals surface area contributed by atoms with Crippen LogP contribution in [0.3, 0.4) is 0 Å². The predicted molar refractivity (Wildman–Crippen MR) is 115 cm³/mol. The van der Waals surface area contributed by atoms with Crippen molar-refractivity contribution in [2.75, 3.05) is 5.32 Å². The molecule has 3 atom stereocenters. The lowest BCUT2D eigenvalue weighted by Gasteiger charge is -2.46. The van der Waals surface area contributed by atoms with E-state index in [-0.39, 0.29) is 33.8 Å². The third kappa shape index (κ3) is 3.33. The fourth-order valence-electron chi connectivity index (χ4n) is 4.55. The first-order chi connectivity index (χ1) is 15.0. The molecular formula is C23H21ClF3NO4. The average molecular weight is 468 g/mol. The second kappa shape index (κ2) is 7.71. The van der Waals surface area contributed by atoms with Gasteiger partial charge in [0.2, 0.25) is 0 Å². The van der Waals surface area contributed by atoms with E-state index in [4.69, 9.17) is 16.0 Å². The molecule has 0 fully saturated rings. The van der Waals surface area contributed by atoms with Crippen molar-refractivity contribution in [1.82, 2.24) is 0 Å². The molecule has 0 saturated carbocycles. The normalized spacial score (nSPS) is 23.2. The first-order valence-corrected chi connectivity index (χ1v) is 10.5. The zero-order chi connectivity index (χ0) is 23.4. The number of nitrogens with one attached hydrogen (secondary N) is 1. The van der Waals surface area contributed by atoms with Gasteiger partial charge in [-0.25, -0.2) is 4.79 Å². The summed E-state index contributed by atoms with van der Waals surface area (Å²) in [6, 6.07) is 5.66. The van der Waals surface area contributed by atoms with E-state index < -0.39 is 35.8 Å². The minimum absolute atomic E-state index is 0.0657. The predicted octanol–water partition coefficient (Wildman–Crippen LogP) is 5.80. The molecule has 9 heteroatoms. The lowest BCUT2D eigenvalue weighted by atomic mass is 9.68. The van der Waals surface area contributed by atoms with Crippen molar-refractivity contribution >= 4 is 28.1 Å². The van der Waals surface area contributed by atoms with Crippen LogP contribution in [0.5, 0.6) is 5.75 Å². The van der Waals surface area contributed by atoms with Crippen LogP contribution in [-0.4, -0.2) is 22.0 Å². The van der Waals surface area contributed by atoms with Gasteiger partial charge in [0.25, 0.3) is 0 Å².